The van der Waals surface area contributed by atoms with Crippen molar-refractivity contribution in [2.75, 3.05) is 27.2 Å². The summed E-state index contributed by atoms with van der Waals surface area (Å²) in [5.74, 6) is -1.89. The number of amides is 1. The summed E-state index contributed by atoms with van der Waals surface area (Å²) in [5.41, 5.74) is 1.11. The van der Waals surface area contributed by atoms with E-state index in [1.54, 1.807) is 6.20 Å². The number of hydrogen-bond donors (Lipinski definition) is 1. The zero-order chi connectivity index (χ0) is 28.2. The Bertz CT molecular complexity index is 1550. The SMILES string of the molecule is CN(C)CC(C)(C)COc1ccnc2ccc(CNC(=O)c3cncn(Cc4ccc(F)c(F)c4)c3=O)cc12. The molecule has 4 rings (SSSR count). The third kappa shape index (κ3) is 7.02. The quantitative estimate of drug-likeness (QED) is 0.330. The van der Waals surface area contributed by atoms with Crippen molar-refractivity contribution in [1.29, 1.82) is 0 Å². The minimum absolute atomic E-state index is 0.0596. The maximum Gasteiger partial charge on any atom is 0.266 e. The molecule has 0 unspecified atom stereocenters. The number of benzene rings is 2. The van der Waals surface area contributed by atoms with Crippen LogP contribution in [0.4, 0.5) is 8.78 Å². The van der Waals surface area contributed by atoms with Gasteiger partial charge in [-0.3, -0.25) is 19.1 Å². The second-order valence-electron chi connectivity index (χ2n) is 10.5. The van der Waals surface area contributed by atoms with Gasteiger partial charge in [-0.05, 0) is 55.6 Å². The van der Waals surface area contributed by atoms with Gasteiger partial charge in [0, 0.05) is 36.3 Å². The van der Waals surface area contributed by atoms with Crippen molar-refractivity contribution in [3.63, 3.8) is 0 Å². The molecule has 8 nitrogen and oxygen atoms in total. The monoisotopic (exact) mass is 535 g/mol. The minimum Gasteiger partial charge on any atom is -0.492 e. The van der Waals surface area contributed by atoms with Crippen molar-refractivity contribution in [2.45, 2.75) is 26.9 Å². The average molecular weight is 536 g/mol. The molecule has 0 spiro atoms. The molecule has 0 aliphatic carbocycles. The number of carbonyl (C=O) groups is 1. The number of aromatic nitrogens is 3. The molecule has 2 aromatic heterocycles. The van der Waals surface area contributed by atoms with E-state index < -0.39 is 23.1 Å². The van der Waals surface area contributed by atoms with Crippen LogP contribution in [0.3, 0.4) is 0 Å². The van der Waals surface area contributed by atoms with Crippen LogP contribution in [0.1, 0.15) is 35.3 Å². The Labute approximate surface area is 225 Å². The third-order valence-corrected chi connectivity index (χ3v) is 6.06. The molecule has 2 aromatic carbocycles. The number of fused-ring (bicyclic) bond motifs is 1. The Morgan fingerprint density at radius 3 is 2.59 bits per heavy atom. The van der Waals surface area contributed by atoms with Gasteiger partial charge in [0.05, 0.1) is 25.0 Å². The molecule has 1 amide bonds. The number of nitrogens with one attached hydrogen (secondary N) is 1. The summed E-state index contributed by atoms with van der Waals surface area (Å²) in [5, 5.41) is 3.58. The highest BCUT2D eigenvalue weighted by Crippen LogP contribution is 2.27. The van der Waals surface area contributed by atoms with E-state index in [1.165, 1.54) is 23.2 Å². The first-order valence-corrected chi connectivity index (χ1v) is 12.4. The van der Waals surface area contributed by atoms with Gasteiger partial charge in [-0.1, -0.05) is 26.0 Å². The predicted molar refractivity (Wildman–Crippen MR) is 145 cm³/mol. The molecule has 0 saturated carbocycles. The van der Waals surface area contributed by atoms with Crippen LogP contribution in [-0.4, -0.2) is 52.6 Å². The fourth-order valence-corrected chi connectivity index (χ4v) is 4.41. The summed E-state index contributed by atoms with van der Waals surface area (Å²) in [4.78, 5) is 36.2. The average Bonchev–Trinajstić information content (AvgIpc) is 2.88. The van der Waals surface area contributed by atoms with E-state index in [4.69, 9.17) is 4.74 Å². The summed E-state index contributed by atoms with van der Waals surface area (Å²) >= 11 is 0. The van der Waals surface area contributed by atoms with Crippen LogP contribution in [0.15, 0.2) is 66.0 Å². The number of hydrogen-bond acceptors (Lipinski definition) is 6. The molecular formula is C29H31F2N5O3. The lowest BCUT2D eigenvalue weighted by Crippen LogP contribution is -2.33. The van der Waals surface area contributed by atoms with Crippen molar-refractivity contribution < 1.29 is 18.3 Å². The first-order valence-electron chi connectivity index (χ1n) is 12.4. The highest BCUT2D eigenvalue weighted by atomic mass is 19.2. The van der Waals surface area contributed by atoms with Crippen LogP contribution >= 0.6 is 0 Å². The lowest BCUT2D eigenvalue weighted by atomic mass is 9.94. The van der Waals surface area contributed by atoms with Crippen molar-refractivity contribution in [3.8, 4) is 5.75 Å². The maximum atomic E-state index is 13.6. The number of ether oxygens (including phenoxy) is 1. The molecule has 10 heteroatoms. The zero-order valence-corrected chi connectivity index (χ0v) is 22.4. The molecule has 0 saturated heterocycles. The van der Waals surface area contributed by atoms with E-state index in [9.17, 15) is 18.4 Å². The van der Waals surface area contributed by atoms with Crippen LogP contribution in [0.25, 0.3) is 10.9 Å². The fraction of sp³-hybridized carbons (Fsp3) is 0.310. The Kier molecular flexibility index (Phi) is 8.35. The minimum atomic E-state index is -1.01. The lowest BCUT2D eigenvalue weighted by molar-refractivity contribution is 0.0948. The molecular weight excluding hydrogens is 504 g/mol. The van der Waals surface area contributed by atoms with Crippen molar-refractivity contribution >= 4 is 16.8 Å². The molecule has 0 fully saturated rings. The topological polar surface area (TPSA) is 89.3 Å². The van der Waals surface area contributed by atoms with Crippen LogP contribution in [0.5, 0.6) is 5.75 Å². The number of nitrogens with zero attached hydrogens (tertiary/aromatic N) is 4. The van der Waals surface area contributed by atoms with E-state index in [1.807, 2.05) is 38.4 Å². The van der Waals surface area contributed by atoms with Gasteiger partial charge in [0.1, 0.15) is 11.3 Å². The van der Waals surface area contributed by atoms with Gasteiger partial charge in [0.25, 0.3) is 11.5 Å². The summed E-state index contributed by atoms with van der Waals surface area (Å²) < 4.78 is 34.1. The van der Waals surface area contributed by atoms with E-state index in [2.05, 4.69) is 34.0 Å². The van der Waals surface area contributed by atoms with Crippen molar-refractivity contribution in [1.82, 2.24) is 24.8 Å². The Morgan fingerprint density at radius 1 is 1.08 bits per heavy atom. The third-order valence-electron chi connectivity index (χ3n) is 6.06. The van der Waals surface area contributed by atoms with Crippen LogP contribution < -0.4 is 15.6 Å². The second-order valence-corrected chi connectivity index (χ2v) is 10.5. The van der Waals surface area contributed by atoms with Crippen LogP contribution in [-0.2, 0) is 13.1 Å². The molecule has 0 radical (unpaired) electrons. The van der Waals surface area contributed by atoms with Gasteiger partial charge < -0.3 is 15.0 Å². The molecule has 0 bridgehead atoms. The lowest BCUT2D eigenvalue weighted by Gasteiger charge is -2.28. The number of rotatable bonds is 10. The predicted octanol–water partition coefficient (Wildman–Crippen LogP) is 4.01. The van der Waals surface area contributed by atoms with Crippen molar-refractivity contribution in [3.05, 3.63) is 99.9 Å². The standard InChI is InChI=1S/C29H31F2N5O3/c1-29(2,16-35(3)4)17-39-26-9-10-33-25-8-6-19(11-21(25)26)13-34-27(37)22-14-32-18-36(28(22)38)15-20-5-7-23(30)24(31)12-20/h5-12,14,18H,13,15-17H2,1-4H3,(H,34,37). The smallest absolute Gasteiger partial charge is 0.266 e. The van der Waals surface area contributed by atoms with E-state index >= 15 is 0 Å². The summed E-state index contributed by atoms with van der Waals surface area (Å²) in [6, 6.07) is 10.8. The molecule has 204 valence electrons. The van der Waals surface area contributed by atoms with Gasteiger partial charge in [0.2, 0.25) is 0 Å². The highest BCUT2D eigenvalue weighted by Gasteiger charge is 2.21. The fourth-order valence-electron chi connectivity index (χ4n) is 4.41. The van der Waals surface area contributed by atoms with E-state index in [0.29, 0.717) is 17.9 Å². The zero-order valence-electron chi connectivity index (χ0n) is 22.4. The molecule has 0 aliphatic rings. The van der Waals surface area contributed by atoms with Gasteiger partial charge in [-0.2, -0.15) is 0 Å². The summed E-state index contributed by atoms with van der Waals surface area (Å²) in [6.45, 7) is 5.76. The number of halogens is 2. The Hall–Kier alpha value is -4.18. The maximum absolute atomic E-state index is 13.6. The molecule has 2 heterocycles. The first kappa shape index (κ1) is 27.8. The molecule has 4 aromatic rings. The molecule has 0 atom stereocenters. The van der Waals surface area contributed by atoms with E-state index in [-0.39, 0.29) is 24.1 Å². The Morgan fingerprint density at radius 2 is 1.85 bits per heavy atom. The first-order chi connectivity index (χ1) is 18.5. The molecule has 39 heavy (non-hydrogen) atoms. The highest BCUT2D eigenvalue weighted by molar-refractivity contribution is 5.93. The van der Waals surface area contributed by atoms with Crippen LogP contribution in [0, 0.1) is 17.0 Å². The number of pyridine rings is 1. The molecule has 1 N–H and O–H groups in total. The van der Waals surface area contributed by atoms with Gasteiger partial charge >= 0.3 is 0 Å². The van der Waals surface area contributed by atoms with Gasteiger partial charge in [-0.15, -0.1) is 0 Å². The van der Waals surface area contributed by atoms with Gasteiger partial charge in [0.15, 0.2) is 11.6 Å². The largest absolute Gasteiger partial charge is 0.492 e. The van der Waals surface area contributed by atoms with E-state index in [0.717, 1.165) is 35.1 Å². The Balaban J connectivity index is 1.47. The van der Waals surface area contributed by atoms with Gasteiger partial charge in [-0.25, -0.2) is 13.8 Å². The summed E-state index contributed by atoms with van der Waals surface area (Å²) in [6.07, 6.45) is 4.13. The van der Waals surface area contributed by atoms with Crippen LogP contribution in [0.2, 0.25) is 0 Å². The van der Waals surface area contributed by atoms with Crippen molar-refractivity contribution in [2.24, 2.45) is 5.41 Å². The number of carbonyl (C=O) groups excluding carboxylic acids is 1. The molecule has 0 aliphatic heterocycles. The summed E-state index contributed by atoms with van der Waals surface area (Å²) in [7, 11) is 4.05. The normalized spacial score (nSPS) is 11.7. The second kappa shape index (κ2) is 11.7.